The lowest BCUT2D eigenvalue weighted by molar-refractivity contribution is 0.139. The van der Waals surface area contributed by atoms with E-state index < -0.39 is 11.9 Å². The van der Waals surface area contributed by atoms with Crippen LogP contribution in [0.25, 0.3) is 0 Å². The van der Waals surface area contributed by atoms with Gasteiger partial charge in [-0.2, -0.15) is 5.26 Å². The smallest absolute Gasteiger partial charge is 0.407 e. The van der Waals surface area contributed by atoms with E-state index in [1.165, 1.54) is 12.1 Å². The fourth-order valence-electron chi connectivity index (χ4n) is 1.74. The van der Waals surface area contributed by atoms with Crippen molar-refractivity contribution in [1.29, 1.82) is 5.26 Å². The molecule has 0 saturated carbocycles. The van der Waals surface area contributed by atoms with Crippen LogP contribution in [-0.2, 0) is 17.9 Å². The molecule has 5 heteroatoms. The third kappa shape index (κ3) is 4.05. The Kier molecular flexibility index (Phi) is 4.89. The monoisotopic (exact) mass is 284 g/mol. The molecule has 21 heavy (non-hydrogen) atoms. The lowest BCUT2D eigenvalue weighted by Crippen LogP contribution is -2.24. The van der Waals surface area contributed by atoms with Gasteiger partial charge in [-0.05, 0) is 11.6 Å². The number of hydrogen-bond donors (Lipinski definition) is 1. The van der Waals surface area contributed by atoms with Crippen molar-refractivity contribution in [3.05, 3.63) is 71.0 Å². The fraction of sp³-hybridized carbons (Fsp3) is 0.125. The first-order valence-corrected chi connectivity index (χ1v) is 6.32. The largest absolute Gasteiger partial charge is 0.445 e. The highest BCUT2D eigenvalue weighted by molar-refractivity contribution is 5.67. The molecular weight excluding hydrogens is 271 g/mol. The van der Waals surface area contributed by atoms with E-state index in [2.05, 4.69) is 5.32 Å². The van der Waals surface area contributed by atoms with E-state index >= 15 is 0 Å². The number of alkyl carbamates (subject to hydrolysis) is 1. The van der Waals surface area contributed by atoms with Crippen LogP contribution >= 0.6 is 0 Å². The number of hydrogen-bond acceptors (Lipinski definition) is 3. The minimum atomic E-state index is -0.638. The number of amides is 1. The van der Waals surface area contributed by atoms with Gasteiger partial charge in [0.25, 0.3) is 0 Å². The average Bonchev–Trinajstić information content (AvgIpc) is 2.53. The Hall–Kier alpha value is -2.87. The van der Waals surface area contributed by atoms with Gasteiger partial charge in [0, 0.05) is 12.1 Å². The molecule has 0 bridgehead atoms. The van der Waals surface area contributed by atoms with Crippen molar-refractivity contribution in [3.63, 3.8) is 0 Å². The number of nitrogens with zero attached hydrogens (tertiary/aromatic N) is 1. The van der Waals surface area contributed by atoms with Gasteiger partial charge in [-0.1, -0.05) is 42.5 Å². The molecule has 1 N–H and O–H groups in total. The maximum Gasteiger partial charge on any atom is 0.407 e. The molecular formula is C16H13FN2O2. The minimum absolute atomic E-state index is 0.0328. The number of nitrogens with one attached hydrogen (secondary N) is 1. The first-order chi connectivity index (χ1) is 10.2. The zero-order chi connectivity index (χ0) is 15.1. The number of rotatable bonds is 4. The van der Waals surface area contributed by atoms with E-state index in [1.807, 2.05) is 30.3 Å². The molecule has 0 aliphatic heterocycles. The topological polar surface area (TPSA) is 62.1 Å². The summed E-state index contributed by atoms with van der Waals surface area (Å²) >= 11 is 0. The normalized spacial score (nSPS) is 9.71. The summed E-state index contributed by atoms with van der Waals surface area (Å²) in [5.74, 6) is -0.622. The molecule has 0 aliphatic carbocycles. The molecule has 0 fully saturated rings. The molecule has 0 unspecified atom stereocenters. The second-order valence-electron chi connectivity index (χ2n) is 4.31. The first-order valence-electron chi connectivity index (χ1n) is 6.32. The van der Waals surface area contributed by atoms with E-state index in [0.29, 0.717) is 0 Å². The minimum Gasteiger partial charge on any atom is -0.445 e. The quantitative estimate of drug-likeness (QED) is 0.938. The number of benzene rings is 2. The molecule has 0 radical (unpaired) electrons. The SMILES string of the molecule is N#Cc1cccc(CNC(=O)OCc2ccccc2)c1F. The molecule has 2 rings (SSSR count). The van der Waals surface area contributed by atoms with Crippen molar-refractivity contribution < 1.29 is 13.9 Å². The predicted octanol–water partition coefficient (Wildman–Crippen LogP) is 3.12. The Morgan fingerprint density at radius 2 is 1.95 bits per heavy atom. The second-order valence-corrected chi connectivity index (χ2v) is 4.31. The zero-order valence-electron chi connectivity index (χ0n) is 11.2. The molecule has 0 spiro atoms. The highest BCUT2D eigenvalue weighted by Gasteiger charge is 2.09. The summed E-state index contributed by atoms with van der Waals surface area (Å²) in [5, 5.41) is 11.2. The average molecular weight is 284 g/mol. The highest BCUT2D eigenvalue weighted by atomic mass is 19.1. The second kappa shape index (κ2) is 7.06. The van der Waals surface area contributed by atoms with E-state index in [4.69, 9.17) is 10.00 Å². The number of carbonyl (C=O) groups is 1. The maximum absolute atomic E-state index is 13.8. The van der Waals surface area contributed by atoms with Crippen LogP contribution in [-0.4, -0.2) is 6.09 Å². The van der Waals surface area contributed by atoms with Crippen molar-refractivity contribution in [1.82, 2.24) is 5.32 Å². The number of carbonyl (C=O) groups excluding carboxylic acids is 1. The van der Waals surface area contributed by atoms with Crippen molar-refractivity contribution >= 4 is 6.09 Å². The zero-order valence-corrected chi connectivity index (χ0v) is 11.2. The van der Waals surface area contributed by atoms with Gasteiger partial charge >= 0.3 is 6.09 Å². The van der Waals surface area contributed by atoms with Gasteiger partial charge in [-0.15, -0.1) is 0 Å². The Bertz CT molecular complexity index is 666. The molecule has 0 aromatic heterocycles. The van der Waals surface area contributed by atoms with E-state index in [0.717, 1.165) is 5.56 Å². The summed E-state index contributed by atoms with van der Waals surface area (Å²) in [5.41, 5.74) is 1.06. The number of ether oxygens (including phenoxy) is 1. The van der Waals surface area contributed by atoms with Crippen molar-refractivity contribution in [2.45, 2.75) is 13.2 Å². The van der Waals surface area contributed by atoms with Crippen LogP contribution in [0.15, 0.2) is 48.5 Å². The lowest BCUT2D eigenvalue weighted by Gasteiger charge is -2.08. The van der Waals surface area contributed by atoms with Gasteiger partial charge in [-0.3, -0.25) is 0 Å². The van der Waals surface area contributed by atoms with Gasteiger partial charge in [-0.25, -0.2) is 9.18 Å². The number of halogens is 1. The van der Waals surface area contributed by atoms with E-state index in [-0.39, 0.29) is 24.3 Å². The molecule has 2 aromatic rings. The summed E-state index contributed by atoms with van der Waals surface area (Å²) < 4.78 is 18.8. The van der Waals surface area contributed by atoms with Gasteiger partial charge in [0.15, 0.2) is 0 Å². The van der Waals surface area contributed by atoms with Gasteiger partial charge in [0.2, 0.25) is 0 Å². The Morgan fingerprint density at radius 3 is 2.67 bits per heavy atom. The molecule has 2 aromatic carbocycles. The van der Waals surface area contributed by atoms with Crippen molar-refractivity contribution in [2.24, 2.45) is 0 Å². The molecule has 0 atom stereocenters. The molecule has 106 valence electrons. The van der Waals surface area contributed by atoms with E-state index in [9.17, 15) is 9.18 Å². The third-order valence-electron chi connectivity index (χ3n) is 2.84. The van der Waals surface area contributed by atoms with Crippen molar-refractivity contribution in [2.75, 3.05) is 0 Å². The Morgan fingerprint density at radius 1 is 1.19 bits per heavy atom. The third-order valence-corrected chi connectivity index (χ3v) is 2.84. The maximum atomic E-state index is 13.8. The number of nitriles is 1. The predicted molar refractivity (Wildman–Crippen MR) is 74.6 cm³/mol. The Labute approximate surface area is 121 Å². The summed E-state index contributed by atoms with van der Waals surface area (Å²) in [6.45, 7) is 0.113. The summed E-state index contributed by atoms with van der Waals surface area (Å²) in [4.78, 5) is 11.5. The van der Waals surface area contributed by atoms with Gasteiger partial charge < -0.3 is 10.1 Å². The molecule has 0 saturated heterocycles. The molecule has 0 aliphatic rings. The van der Waals surface area contributed by atoms with Crippen LogP contribution in [0.2, 0.25) is 0 Å². The van der Waals surface area contributed by atoms with Crippen LogP contribution in [0.5, 0.6) is 0 Å². The van der Waals surface area contributed by atoms with Crippen LogP contribution in [0, 0.1) is 17.1 Å². The van der Waals surface area contributed by atoms with Crippen molar-refractivity contribution in [3.8, 4) is 6.07 Å². The van der Waals surface area contributed by atoms with Crippen LogP contribution in [0.1, 0.15) is 16.7 Å². The highest BCUT2D eigenvalue weighted by Crippen LogP contribution is 2.11. The van der Waals surface area contributed by atoms with Gasteiger partial charge in [0.1, 0.15) is 18.5 Å². The Balaban J connectivity index is 1.86. The molecule has 1 amide bonds. The van der Waals surface area contributed by atoms with Crippen LogP contribution in [0.4, 0.5) is 9.18 Å². The summed E-state index contributed by atoms with van der Waals surface area (Å²) in [6, 6.07) is 15.4. The molecule has 0 heterocycles. The van der Waals surface area contributed by atoms with Gasteiger partial charge in [0.05, 0.1) is 5.56 Å². The van der Waals surface area contributed by atoms with E-state index in [1.54, 1.807) is 12.1 Å². The first kappa shape index (κ1) is 14.5. The summed E-state index contributed by atoms with van der Waals surface area (Å²) in [7, 11) is 0. The lowest BCUT2D eigenvalue weighted by atomic mass is 10.1. The van der Waals surface area contributed by atoms with Crippen LogP contribution in [0.3, 0.4) is 0 Å². The standard InChI is InChI=1S/C16H13FN2O2/c17-15-13(9-18)7-4-8-14(15)10-19-16(20)21-11-12-5-2-1-3-6-12/h1-8H,10-11H2,(H,19,20). The fourth-order valence-corrected chi connectivity index (χ4v) is 1.74. The summed E-state index contributed by atoms with van der Waals surface area (Å²) in [6.07, 6.45) is -0.638. The van der Waals surface area contributed by atoms with Crippen LogP contribution < -0.4 is 5.32 Å². The molecule has 4 nitrogen and oxygen atoms in total.